The maximum absolute atomic E-state index is 12.5. The minimum absolute atomic E-state index is 0.0921. The second-order valence-corrected chi connectivity index (χ2v) is 11.6. The molecule has 2 aromatic rings. The van der Waals surface area contributed by atoms with Crippen LogP contribution in [0.3, 0.4) is 0 Å². The Bertz CT molecular complexity index is 1140. The van der Waals surface area contributed by atoms with Gasteiger partial charge in [0.15, 0.2) is 0 Å². The summed E-state index contributed by atoms with van der Waals surface area (Å²) in [5.41, 5.74) is 2.65. The molecule has 0 N–H and O–H groups in total. The monoisotopic (exact) mass is 550 g/mol. The van der Waals surface area contributed by atoms with Gasteiger partial charge in [0.1, 0.15) is 0 Å². The average molecular weight is 551 g/mol. The maximum atomic E-state index is 12.5. The number of benzene rings is 2. The summed E-state index contributed by atoms with van der Waals surface area (Å²) < 4.78 is 0. The number of rotatable bonds is 5. The van der Waals surface area contributed by atoms with E-state index >= 15 is 0 Å². The highest BCUT2D eigenvalue weighted by Gasteiger charge is 2.46. The summed E-state index contributed by atoms with van der Waals surface area (Å²) >= 11 is 0. The molecule has 2 aromatic carbocycles. The van der Waals surface area contributed by atoms with Gasteiger partial charge in [-0.05, 0) is 42.2 Å². The summed E-state index contributed by atoms with van der Waals surface area (Å²) in [4.78, 5) is 61.0. The molecule has 8 heteroatoms. The molecule has 0 radical (unpaired) electrons. The van der Waals surface area contributed by atoms with Gasteiger partial charge in [0, 0.05) is 25.4 Å². The van der Waals surface area contributed by atoms with Crippen molar-refractivity contribution in [2.45, 2.75) is 73.4 Å². The van der Waals surface area contributed by atoms with Crippen molar-refractivity contribution in [2.75, 3.05) is 13.1 Å². The Kier molecular flexibility index (Phi) is 13.4. The zero-order chi connectivity index (χ0) is 30.5. The molecule has 4 rings (SSSR count). The van der Waals surface area contributed by atoms with Crippen molar-refractivity contribution in [1.82, 2.24) is 9.80 Å². The van der Waals surface area contributed by atoms with Crippen LogP contribution in [0.2, 0.25) is 0 Å². The van der Waals surface area contributed by atoms with Crippen LogP contribution in [0.15, 0.2) is 60.7 Å². The number of carbonyl (C=O) groups is 2. The Morgan fingerprint density at radius 1 is 0.750 bits per heavy atom. The van der Waals surface area contributed by atoms with Gasteiger partial charge in [-0.25, -0.2) is 0 Å². The van der Waals surface area contributed by atoms with Crippen LogP contribution in [0, 0.1) is 16.7 Å². The van der Waals surface area contributed by atoms with E-state index in [1.54, 1.807) is 0 Å². The highest BCUT2D eigenvalue weighted by molar-refractivity contribution is 5.82. The lowest BCUT2D eigenvalue weighted by Crippen LogP contribution is -2.30. The molecular weight excluding hydrogens is 508 g/mol. The number of hydrogen-bond acceptors (Lipinski definition) is 6. The SMILES string of the molecule is CCC1C(=O)N([C@H](C)c2ccccc2)CC1(C)C.C[C@H](c1ccccc1)N1CC(C)(C)CC1=O.O=C=O.O=C=O. The number of carbonyl (C=O) groups excluding carboxylic acids is 6. The molecule has 2 heterocycles. The first-order valence-electron chi connectivity index (χ1n) is 13.5. The molecule has 0 aliphatic carbocycles. The second-order valence-electron chi connectivity index (χ2n) is 11.6. The Labute approximate surface area is 237 Å². The lowest BCUT2D eigenvalue weighted by molar-refractivity contribution is -0.193. The van der Waals surface area contributed by atoms with Crippen molar-refractivity contribution in [3.63, 3.8) is 0 Å². The maximum Gasteiger partial charge on any atom is 0.373 e. The zero-order valence-corrected chi connectivity index (χ0v) is 24.7. The van der Waals surface area contributed by atoms with Crippen molar-refractivity contribution in [2.24, 2.45) is 16.7 Å². The largest absolute Gasteiger partial charge is 0.373 e. The minimum Gasteiger partial charge on any atom is -0.335 e. The first kappa shape index (κ1) is 34.2. The molecular formula is C32H42N2O6. The first-order chi connectivity index (χ1) is 18.8. The molecule has 2 aliphatic heterocycles. The number of likely N-dealkylation sites (tertiary alicyclic amines) is 2. The van der Waals surface area contributed by atoms with E-state index in [4.69, 9.17) is 19.2 Å². The Morgan fingerprint density at radius 2 is 1.15 bits per heavy atom. The molecule has 2 amide bonds. The fourth-order valence-electron chi connectivity index (χ4n) is 5.51. The van der Waals surface area contributed by atoms with Gasteiger partial charge < -0.3 is 9.80 Å². The van der Waals surface area contributed by atoms with Gasteiger partial charge in [0.05, 0.1) is 12.1 Å². The van der Waals surface area contributed by atoms with E-state index in [0.717, 1.165) is 19.5 Å². The molecule has 0 spiro atoms. The molecule has 2 fully saturated rings. The van der Waals surface area contributed by atoms with Gasteiger partial charge in [-0.1, -0.05) is 95.3 Å². The van der Waals surface area contributed by atoms with Crippen LogP contribution < -0.4 is 0 Å². The summed E-state index contributed by atoms with van der Waals surface area (Å²) in [6.07, 6.45) is 2.11. The minimum atomic E-state index is 0.0921. The van der Waals surface area contributed by atoms with Crippen molar-refractivity contribution >= 4 is 24.1 Å². The van der Waals surface area contributed by atoms with Gasteiger partial charge >= 0.3 is 12.3 Å². The Hall–Kier alpha value is -3.86. The lowest BCUT2D eigenvalue weighted by Gasteiger charge is -2.26. The Morgan fingerprint density at radius 3 is 1.48 bits per heavy atom. The van der Waals surface area contributed by atoms with Gasteiger partial charge in [-0.3, -0.25) is 9.59 Å². The Balaban J connectivity index is 0.000000336. The number of nitrogens with zero attached hydrogens (tertiary/aromatic N) is 2. The van der Waals surface area contributed by atoms with Crippen LogP contribution in [-0.2, 0) is 28.8 Å². The predicted octanol–water partition coefficient (Wildman–Crippen LogP) is 5.48. The van der Waals surface area contributed by atoms with Crippen LogP contribution in [0.25, 0.3) is 0 Å². The van der Waals surface area contributed by atoms with Crippen molar-refractivity contribution < 1.29 is 28.8 Å². The predicted molar refractivity (Wildman–Crippen MR) is 149 cm³/mol. The summed E-state index contributed by atoms with van der Waals surface area (Å²) in [7, 11) is 0. The highest BCUT2D eigenvalue weighted by atomic mass is 16.2. The molecule has 8 nitrogen and oxygen atoms in total. The second kappa shape index (κ2) is 15.7. The van der Waals surface area contributed by atoms with E-state index in [9.17, 15) is 9.59 Å². The van der Waals surface area contributed by atoms with Gasteiger partial charge in [0.25, 0.3) is 0 Å². The van der Waals surface area contributed by atoms with Crippen molar-refractivity contribution in [1.29, 1.82) is 0 Å². The molecule has 0 saturated carbocycles. The van der Waals surface area contributed by atoms with E-state index in [-0.39, 0.29) is 47.0 Å². The molecule has 1 unspecified atom stereocenters. The van der Waals surface area contributed by atoms with Crippen LogP contribution in [0.1, 0.15) is 84.5 Å². The standard InChI is InChI=1S/C16H23NO.C14H19NO.2CO2/c1-5-14-15(18)17(11-16(14,3)4)12(2)13-9-7-6-8-10-13;1-11(12-7-5-4-6-8-12)15-10-14(2,3)9-13(15)16;2*2-1-3/h6-10,12,14H,5,11H2,1-4H3;4-8,11H,9-10H2,1-3H3;;/t12-,14?;11-;;/m11../s1. The topological polar surface area (TPSA) is 109 Å². The average Bonchev–Trinajstić information content (AvgIpc) is 3.33. The van der Waals surface area contributed by atoms with E-state index in [1.165, 1.54) is 11.1 Å². The van der Waals surface area contributed by atoms with Crippen molar-refractivity contribution in [3.8, 4) is 0 Å². The normalized spacial score (nSPS) is 19.8. The van der Waals surface area contributed by atoms with Crippen LogP contribution in [0.5, 0.6) is 0 Å². The van der Waals surface area contributed by atoms with Crippen LogP contribution in [0.4, 0.5) is 0 Å². The zero-order valence-electron chi connectivity index (χ0n) is 24.7. The number of amides is 2. The van der Waals surface area contributed by atoms with E-state index in [2.05, 4.69) is 72.7 Å². The lowest BCUT2D eigenvalue weighted by atomic mass is 9.80. The molecule has 40 heavy (non-hydrogen) atoms. The summed E-state index contributed by atoms with van der Waals surface area (Å²) in [5, 5.41) is 0. The molecule has 0 bridgehead atoms. The third-order valence-corrected chi connectivity index (χ3v) is 7.56. The smallest absolute Gasteiger partial charge is 0.335 e. The van der Waals surface area contributed by atoms with Gasteiger partial charge in [-0.15, -0.1) is 0 Å². The van der Waals surface area contributed by atoms with E-state index in [0.29, 0.717) is 12.3 Å². The van der Waals surface area contributed by atoms with Gasteiger partial charge in [-0.2, -0.15) is 19.2 Å². The molecule has 2 aliphatic rings. The molecule has 3 atom stereocenters. The van der Waals surface area contributed by atoms with Gasteiger partial charge in [0.2, 0.25) is 11.8 Å². The molecule has 2 saturated heterocycles. The van der Waals surface area contributed by atoms with E-state index < -0.39 is 0 Å². The summed E-state index contributed by atoms with van der Waals surface area (Å²) in [6, 6.07) is 20.9. The highest BCUT2D eigenvalue weighted by Crippen LogP contribution is 2.41. The summed E-state index contributed by atoms with van der Waals surface area (Å²) in [6.45, 7) is 16.8. The van der Waals surface area contributed by atoms with E-state index in [1.807, 2.05) is 46.2 Å². The summed E-state index contributed by atoms with van der Waals surface area (Å²) in [5.74, 6) is 0.767. The molecule has 216 valence electrons. The fraction of sp³-hybridized carbons (Fsp3) is 0.500. The number of hydrogen-bond donors (Lipinski definition) is 0. The van der Waals surface area contributed by atoms with Crippen molar-refractivity contribution in [3.05, 3.63) is 71.8 Å². The fourth-order valence-corrected chi connectivity index (χ4v) is 5.51. The van der Waals surface area contributed by atoms with Crippen LogP contribution >= 0.6 is 0 Å². The van der Waals surface area contributed by atoms with Crippen LogP contribution in [-0.4, -0.2) is 47.0 Å². The quantitative estimate of drug-likeness (QED) is 0.488. The third kappa shape index (κ3) is 9.41. The third-order valence-electron chi connectivity index (χ3n) is 7.56. The first-order valence-corrected chi connectivity index (χ1v) is 13.5. The molecule has 0 aromatic heterocycles.